The number of amides is 3. The summed E-state index contributed by atoms with van der Waals surface area (Å²) in [6, 6.07) is 2.88. The lowest BCUT2D eigenvalue weighted by molar-refractivity contribution is -0.136. The zero-order valence-electron chi connectivity index (χ0n) is 16.8. The Balaban J connectivity index is 0.00000218. The second-order valence-corrected chi connectivity index (χ2v) is 8.87. The minimum absolute atomic E-state index is 0. The van der Waals surface area contributed by atoms with Crippen molar-refractivity contribution < 1.29 is 19.5 Å². The molecule has 1 aromatic rings. The monoisotopic (exact) mass is 434 g/mol. The highest BCUT2D eigenvalue weighted by atomic mass is 35.5. The van der Waals surface area contributed by atoms with Gasteiger partial charge in [0.25, 0.3) is 5.91 Å². The molecule has 2 unspecified atom stereocenters. The molecule has 1 spiro atoms. The average molecular weight is 435 g/mol. The number of nitrogens with zero attached hydrogens (tertiary/aromatic N) is 2. The van der Waals surface area contributed by atoms with E-state index in [4.69, 9.17) is 4.98 Å². The molecule has 2 atom stereocenters. The fourth-order valence-electron chi connectivity index (χ4n) is 5.72. The van der Waals surface area contributed by atoms with E-state index >= 15 is 0 Å². The summed E-state index contributed by atoms with van der Waals surface area (Å²) in [6.07, 6.45) is 5.31. The van der Waals surface area contributed by atoms with Gasteiger partial charge in [-0.05, 0) is 44.4 Å². The van der Waals surface area contributed by atoms with Crippen LogP contribution < -0.4 is 10.6 Å². The summed E-state index contributed by atoms with van der Waals surface area (Å²) < 4.78 is 0. The van der Waals surface area contributed by atoms with Crippen molar-refractivity contribution in [2.24, 2.45) is 5.41 Å². The number of fused-ring (bicyclic) bond motifs is 1. The predicted octanol–water partition coefficient (Wildman–Crippen LogP) is 1.01. The van der Waals surface area contributed by atoms with Gasteiger partial charge in [0, 0.05) is 18.4 Å². The fraction of sp³-hybridized carbons (Fsp3) is 0.619. The van der Waals surface area contributed by atoms with E-state index in [1.165, 1.54) is 4.90 Å². The Hall–Kier alpha value is -2.03. The lowest BCUT2D eigenvalue weighted by Gasteiger charge is -2.48. The number of piperidine rings is 2. The van der Waals surface area contributed by atoms with Gasteiger partial charge in [0.2, 0.25) is 11.8 Å². The van der Waals surface area contributed by atoms with Gasteiger partial charge in [-0.25, -0.2) is 0 Å². The molecule has 1 aromatic heterocycles. The van der Waals surface area contributed by atoms with E-state index < -0.39 is 17.6 Å². The third-order valence-corrected chi connectivity index (χ3v) is 7.36. The molecule has 30 heavy (non-hydrogen) atoms. The summed E-state index contributed by atoms with van der Waals surface area (Å²) in [4.78, 5) is 42.8. The van der Waals surface area contributed by atoms with Crippen molar-refractivity contribution in [3.8, 4) is 0 Å². The van der Waals surface area contributed by atoms with E-state index in [1.807, 2.05) is 0 Å². The molecule has 3 N–H and O–H groups in total. The number of halogens is 1. The Labute approximate surface area is 181 Å². The molecular weight excluding hydrogens is 408 g/mol. The van der Waals surface area contributed by atoms with Crippen LogP contribution in [0.25, 0.3) is 0 Å². The van der Waals surface area contributed by atoms with Crippen LogP contribution in [0, 0.1) is 5.41 Å². The average Bonchev–Trinajstić information content (AvgIpc) is 3.30. The molecule has 0 aromatic carbocycles. The van der Waals surface area contributed by atoms with Gasteiger partial charge in [-0.15, -0.1) is 12.4 Å². The Bertz CT molecular complexity index is 901. The van der Waals surface area contributed by atoms with Crippen LogP contribution in [-0.4, -0.2) is 51.8 Å². The van der Waals surface area contributed by atoms with Crippen molar-refractivity contribution in [2.45, 2.75) is 63.1 Å². The normalized spacial score (nSPS) is 30.2. The van der Waals surface area contributed by atoms with E-state index in [0.29, 0.717) is 29.8 Å². The van der Waals surface area contributed by atoms with Crippen LogP contribution >= 0.6 is 12.4 Å². The SMILES string of the molecule is Cl.O=C1CCC(N2Cc3nc(C4(O)CCNCC45CCCC5)ccc3C2=O)C(=O)N1. The van der Waals surface area contributed by atoms with E-state index in [-0.39, 0.29) is 42.6 Å². The number of nitrogens with one attached hydrogen (secondary N) is 2. The molecule has 5 rings (SSSR count). The molecule has 0 radical (unpaired) electrons. The molecule has 4 heterocycles. The number of aliphatic hydroxyl groups is 1. The van der Waals surface area contributed by atoms with Crippen LogP contribution in [-0.2, 0) is 21.7 Å². The van der Waals surface area contributed by atoms with Crippen LogP contribution in [0.2, 0.25) is 0 Å². The highest BCUT2D eigenvalue weighted by Gasteiger charge is 2.55. The van der Waals surface area contributed by atoms with Crippen molar-refractivity contribution in [3.05, 3.63) is 29.1 Å². The van der Waals surface area contributed by atoms with Gasteiger partial charge >= 0.3 is 0 Å². The van der Waals surface area contributed by atoms with Gasteiger partial charge in [0.1, 0.15) is 11.6 Å². The molecule has 9 heteroatoms. The summed E-state index contributed by atoms with van der Waals surface area (Å²) in [6.45, 7) is 1.75. The number of rotatable bonds is 2. The molecular formula is C21H27ClN4O4. The van der Waals surface area contributed by atoms with Crippen LogP contribution in [0.15, 0.2) is 12.1 Å². The van der Waals surface area contributed by atoms with Gasteiger partial charge in [-0.3, -0.25) is 24.7 Å². The highest BCUT2D eigenvalue weighted by molar-refractivity contribution is 6.05. The first kappa shape index (κ1) is 21.2. The lowest BCUT2D eigenvalue weighted by Crippen LogP contribution is -2.56. The predicted molar refractivity (Wildman–Crippen MR) is 110 cm³/mol. The van der Waals surface area contributed by atoms with E-state index in [1.54, 1.807) is 12.1 Å². The third kappa shape index (κ3) is 3.04. The van der Waals surface area contributed by atoms with Gasteiger partial charge < -0.3 is 15.3 Å². The van der Waals surface area contributed by atoms with Crippen molar-refractivity contribution in [2.75, 3.05) is 13.1 Å². The van der Waals surface area contributed by atoms with Crippen LogP contribution in [0.4, 0.5) is 0 Å². The maximum Gasteiger partial charge on any atom is 0.256 e. The molecule has 3 fully saturated rings. The Morgan fingerprint density at radius 1 is 1.13 bits per heavy atom. The fourth-order valence-corrected chi connectivity index (χ4v) is 5.72. The maximum absolute atomic E-state index is 12.9. The van der Waals surface area contributed by atoms with Crippen molar-refractivity contribution in [1.29, 1.82) is 0 Å². The Morgan fingerprint density at radius 2 is 1.90 bits per heavy atom. The van der Waals surface area contributed by atoms with Gasteiger partial charge in [0.05, 0.1) is 23.5 Å². The molecule has 1 aliphatic carbocycles. The first-order valence-corrected chi connectivity index (χ1v) is 10.5. The Morgan fingerprint density at radius 3 is 2.63 bits per heavy atom. The molecule has 3 amide bonds. The molecule has 4 aliphatic rings. The van der Waals surface area contributed by atoms with E-state index in [2.05, 4.69) is 10.6 Å². The van der Waals surface area contributed by atoms with Crippen LogP contribution in [0.1, 0.15) is 66.7 Å². The molecule has 2 saturated heterocycles. The number of imide groups is 1. The molecule has 162 valence electrons. The zero-order chi connectivity index (χ0) is 20.2. The van der Waals surface area contributed by atoms with Gasteiger partial charge in [-0.2, -0.15) is 0 Å². The number of aromatic nitrogens is 1. The van der Waals surface area contributed by atoms with Crippen LogP contribution in [0.3, 0.4) is 0 Å². The summed E-state index contributed by atoms with van der Waals surface area (Å²) in [5.41, 5.74) is 0.513. The van der Waals surface area contributed by atoms with Gasteiger partial charge in [-0.1, -0.05) is 12.8 Å². The Kier molecular flexibility index (Phi) is 5.36. The first-order chi connectivity index (χ1) is 13.9. The smallest absolute Gasteiger partial charge is 0.256 e. The van der Waals surface area contributed by atoms with Gasteiger partial charge in [0.15, 0.2) is 0 Å². The number of pyridine rings is 1. The molecule has 0 bridgehead atoms. The molecule has 8 nitrogen and oxygen atoms in total. The summed E-state index contributed by atoms with van der Waals surface area (Å²) in [7, 11) is 0. The number of carbonyl (C=O) groups excluding carboxylic acids is 3. The zero-order valence-corrected chi connectivity index (χ0v) is 17.6. The van der Waals surface area contributed by atoms with Crippen molar-refractivity contribution in [3.63, 3.8) is 0 Å². The number of hydrogen-bond donors (Lipinski definition) is 3. The summed E-state index contributed by atoms with van der Waals surface area (Å²) >= 11 is 0. The topological polar surface area (TPSA) is 112 Å². The lowest BCUT2D eigenvalue weighted by atomic mass is 9.65. The second-order valence-electron chi connectivity index (χ2n) is 8.87. The molecule has 3 aliphatic heterocycles. The first-order valence-electron chi connectivity index (χ1n) is 10.5. The highest BCUT2D eigenvalue weighted by Crippen LogP contribution is 2.53. The van der Waals surface area contributed by atoms with Crippen molar-refractivity contribution >= 4 is 30.1 Å². The van der Waals surface area contributed by atoms with E-state index in [0.717, 1.165) is 38.8 Å². The minimum Gasteiger partial charge on any atom is -0.383 e. The number of hydrogen-bond acceptors (Lipinski definition) is 6. The van der Waals surface area contributed by atoms with Crippen LogP contribution in [0.5, 0.6) is 0 Å². The summed E-state index contributed by atoms with van der Waals surface area (Å²) in [5, 5.41) is 17.5. The largest absolute Gasteiger partial charge is 0.383 e. The third-order valence-electron chi connectivity index (χ3n) is 7.36. The van der Waals surface area contributed by atoms with E-state index in [9.17, 15) is 19.5 Å². The molecule has 1 saturated carbocycles. The number of carbonyl (C=O) groups is 3. The quantitative estimate of drug-likeness (QED) is 0.599. The summed E-state index contributed by atoms with van der Waals surface area (Å²) in [5.74, 6) is -0.961. The standard InChI is InChI=1S/C21H26N4O4.ClH/c26-17-6-4-15(18(27)24-17)25-11-14-13(19(25)28)3-5-16(23-14)21(29)9-10-22-12-20(21)7-1-2-8-20;/h3,5,15,22,29H,1-2,4,6-12H2,(H,24,26,27);1H. The van der Waals surface area contributed by atoms with Crippen molar-refractivity contribution in [1.82, 2.24) is 20.5 Å². The minimum atomic E-state index is -1.01. The maximum atomic E-state index is 12.9. The second kappa shape index (κ2) is 7.59.